The van der Waals surface area contributed by atoms with Crippen LogP contribution in [-0.2, 0) is 0 Å². The van der Waals surface area contributed by atoms with E-state index in [1.807, 2.05) is 6.92 Å². The molecule has 0 saturated heterocycles. The molecule has 2 aromatic rings. The second-order valence-electron chi connectivity index (χ2n) is 3.26. The van der Waals surface area contributed by atoms with Gasteiger partial charge in [-0.2, -0.15) is 9.38 Å². The molecule has 0 fully saturated rings. The van der Waals surface area contributed by atoms with Crippen LogP contribution in [-0.4, -0.2) is 34.0 Å². The molecule has 2 aromatic heterocycles. The van der Waals surface area contributed by atoms with Crippen LogP contribution < -0.4 is 10.1 Å². The summed E-state index contributed by atoms with van der Waals surface area (Å²) in [6, 6.07) is 0. The molecule has 17 heavy (non-hydrogen) atoms. The number of rotatable bonds is 6. The van der Waals surface area contributed by atoms with Crippen LogP contribution in [0.3, 0.4) is 0 Å². The van der Waals surface area contributed by atoms with Gasteiger partial charge in [-0.15, -0.1) is 0 Å². The van der Waals surface area contributed by atoms with Gasteiger partial charge in [-0.25, -0.2) is 0 Å². The van der Waals surface area contributed by atoms with E-state index in [1.54, 1.807) is 11.6 Å². The fraction of sp³-hybridized carbons (Fsp3) is 0.444. The van der Waals surface area contributed by atoms with Crippen molar-refractivity contribution in [2.75, 3.05) is 19.7 Å². The van der Waals surface area contributed by atoms with E-state index < -0.39 is 4.92 Å². The van der Waals surface area contributed by atoms with Gasteiger partial charge in [-0.05, 0) is 11.5 Å². The van der Waals surface area contributed by atoms with Crippen molar-refractivity contribution >= 4 is 22.1 Å². The Balaban J connectivity index is 2.17. The fourth-order valence-corrected chi connectivity index (χ4v) is 2.11. The summed E-state index contributed by atoms with van der Waals surface area (Å²) in [5.74, 6) is -0.0301. The topological polar surface area (TPSA) is 81.7 Å². The maximum atomic E-state index is 10.9. The second kappa shape index (κ2) is 5.11. The molecule has 0 aliphatic rings. The number of ether oxygens (including phenoxy) is 1. The van der Waals surface area contributed by atoms with Crippen LogP contribution >= 0.6 is 11.3 Å². The lowest BCUT2D eigenvalue weighted by Crippen LogP contribution is -2.20. The molecule has 0 atom stereocenters. The van der Waals surface area contributed by atoms with E-state index in [2.05, 4.69) is 10.3 Å². The first-order chi connectivity index (χ1) is 8.24. The van der Waals surface area contributed by atoms with Gasteiger partial charge in [0.2, 0.25) is 0 Å². The molecule has 2 heterocycles. The maximum absolute atomic E-state index is 10.9. The molecule has 0 radical (unpaired) electrons. The zero-order chi connectivity index (χ0) is 12.3. The first-order valence-corrected chi connectivity index (χ1v) is 6.05. The van der Waals surface area contributed by atoms with Gasteiger partial charge in [0, 0.05) is 11.9 Å². The summed E-state index contributed by atoms with van der Waals surface area (Å²) in [4.78, 5) is 15.1. The first kappa shape index (κ1) is 11.8. The van der Waals surface area contributed by atoms with Crippen molar-refractivity contribution in [1.29, 1.82) is 0 Å². The molecule has 2 rings (SSSR count). The lowest BCUT2D eigenvalue weighted by molar-refractivity contribution is -0.391. The Morgan fingerprint density at radius 1 is 1.71 bits per heavy atom. The monoisotopic (exact) mass is 256 g/mol. The van der Waals surface area contributed by atoms with Gasteiger partial charge in [0.25, 0.3) is 4.96 Å². The Morgan fingerprint density at radius 2 is 2.53 bits per heavy atom. The van der Waals surface area contributed by atoms with Crippen molar-refractivity contribution in [3.05, 3.63) is 21.7 Å². The summed E-state index contributed by atoms with van der Waals surface area (Å²) in [5.41, 5.74) is 0. The number of hydrogen-bond acceptors (Lipinski definition) is 6. The molecule has 0 saturated carbocycles. The Hall–Kier alpha value is -1.67. The molecular weight excluding hydrogens is 244 g/mol. The molecule has 1 N–H and O–H groups in total. The second-order valence-corrected chi connectivity index (χ2v) is 4.13. The number of thiazole rings is 1. The van der Waals surface area contributed by atoms with Crippen LogP contribution in [0.25, 0.3) is 4.96 Å². The molecule has 0 aliphatic carbocycles. The molecule has 0 aromatic carbocycles. The molecule has 92 valence electrons. The summed E-state index contributed by atoms with van der Waals surface area (Å²) in [5, 5.41) is 15.8. The largest absolute Gasteiger partial charge is 0.470 e. The summed E-state index contributed by atoms with van der Waals surface area (Å²) < 4.78 is 6.74. The van der Waals surface area contributed by atoms with Crippen LogP contribution in [0.1, 0.15) is 6.92 Å². The summed E-state index contributed by atoms with van der Waals surface area (Å²) >= 11 is 1.34. The van der Waals surface area contributed by atoms with E-state index >= 15 is 0 Å². The Morgan fingerprint density at radius 3 is 3.24 bits per heavy atom. The van der Waals surface area contributed by atoms with E-state index in [4.69, 9.17) is 4.74 Å². The minimum atomic E-state index is -0.477. The zero-order valence-corrected chi connectivity index (χ0v) is 10.1. The van der Waals surface area contributed by atoms with Crippen molar-refractivity contribution < 1.29 is 9.66 Å². The molecule has 0 spiro atoms. The third-order valence-electron chi connectivity index (χ3n) is 2.15. The van der Waals surface area contributed by atoms with E-state index in [9.17, 15) is 10.1 Å². The number of imidazole rings is 1. The van der Waals surface area contributed by atoms with Crippen LogP contribution in [0.15, 0.2) is 11.6 Å². The van der Waals surface area contributed by atoms with Gasteiger partial charge in [0.05, 0.1) is 0 Å². The number of hydrogen-bond donors (Lipinski definition) is 1. The smallest absolute Gasteiger partial charge is 0.393 e. The van der Waals surface area contributed by atoms with Crippen molar-refractivity contribution in [3.63, 3.8) is 0 Å². The third kappa shape index (κ3) is 2.37. The highest BCUT2D eigenvalue weighted by Gasteiger charge is 2.24. The summed E-state index contributed by atoms with van der Waals surface area (Å²) in [7, 11) is 0. The average molecular weight is 256 g/mol. The van der Waals surface area contributed by atoms with Crippen molar-refractivity contribution in [1.82, 2.24) is 14.7 Å². The van der Waals surface area contributed by atoms with Crippen molar-refractivity contribution in [2.24, 2.45) is 0 Å². The molecular formula is C9H12N4O3S. The number of nitrogens with zero attached hydrogens (tertiary/aromatic N) is 3. The SMILES string of the molecule is CCNCCOc1nc2sccn2c1[N+](=O)[O-]. The van der Waals surface area contributed by atoms with E-state index in [1.165, 1.54) is 15.7 Å². The van der Waals surface area contributed by atoms with Gasteiger partial charge in [-0.1, -0.05) is 18.3 Å². The molecule has 0 bridgehead atoms. The highest BCUT2D eigenvalue weighted by Crippen LogP contribution is 2.29. The quantitative estimate of drug-likeness (QED) is 0.478. The molecule has 8 heteroatoms. The third-order valence-corrected chi connectivity index (χ3v) is 2.90. The van der Waals surface area contributed by atoms with Gasteiger partial charge >= 0.3 is 11.7 Å². The zero-order valence-electron chi connectivity index (χ0n) is 9.25. The predicted octanol–water partition coefficient (Wildman–Crippen LogP) is 1.29. The minimum absolute atomic E-state index is 0.0831. The van der Waals surface area contributed by atoms with E-state index in [-0.39, 0.29) is 11.7 Å². The number of nitro groups is 1. The van der Waals surface area contributed by atoms with Crippen LogP contribution in [0, 0.1) is 10.1 Å². The average Bonchev–Trinajstić information content (AvgIpc) is 2.83. The molecule has 0 aliphatic heterocycles. The first-order valence-electron chi connectivity index (χ1n) is 5.17. The number of likely N-dealkylation sites (N-methyl/N-ethyl adjacent to an activating group) is 1. The highest BCUT2D eigenvalue weighted by molar-refractivity contribution is 7.15. The van der Waals surface area contributed by atoms with Gasteiger partial charge in [-0.3, -0.25) is 0 Å². The van der Waals surface area contributed by atoms with Crippen molar-refractivity contribution in [3.8, 4) is 5.88 Å². The molecule has 7 nitrogen and oxygen atoms in total. The molecule has 0 amide bonds. The van der Waals surface area contributed by atoms with Crippen LogP contribution in [0.4, 0.5) is 5.82 Å². The normalized spacial score (nSPS) is 10.9. The highest BCUT2D eigenvalue weighted by atomic mass is 32.1. The predicted molar refractivity (Wildman–Crippen MR) is 63.8 cm³/mol. The Kier molecular flexibility index (Phi) is 3.55. The van der Waals surface area contributed by atoms with Crippen LogP contribution in [0.2, 0.25) is 0 Å². The summed E-state index contributed by atoms with van der Waals surface area (Å²) in [6.07, 6.45) is 1.61. The maximum Gasteiger partial charge on any atom is 0.393 e. The van der Waals surface area contributed by atoms with Crippen LogP contribution in [0.5, 0.6) is 5.88 Å². The van der Waals surface area contributed by atoms with Gasteiger partial charge in [0.1, 0.15) is 12.8 Å². The van der Waals surface area contributed by atoms with Gasteiger partial charge in [0.15, 0.2) is 0 Å². The van der Waals surface area contributed by atoms with E-state index in [0.29, 0.717) is 18.1 Å². The van der Waals surface area contributed by atoms with Gasteiger partial charge < -0.3 is 20.2 Å². The summed E-state index contributed by atoms with van der Waals surface area (Å²) in [6.45, 7) is 3.82. The number of aromatic nitrogens is 2. The minimum Gasteiger partial charge on any atom is -0.470 e. The lowest BCUT2D eigenvalue weighted by Gasteiger charge is -2.02. The number of nitrogens with one attached hydrogen (secondary N) is 1. The fourth-order valence-electron chi connectivity index (χ4n) is 1.41. The Labute approximate surface area is 101 Å². The lowest BCUT2D eigenvalue weighted by atomic mass is 10.6. The standard InChI is InChI=1S/C9H12N4O3S/c1-2-10-3-5-16-7-8(13(14)15)12-4-6-17-9(12)11-7/h4,6,10H,2-3,5H2,1H3. The Bertz CT molecular complexity index is 521. The van der Waals surface area contributed by atoms with Crippen molar-refractivity contribution in [2.45, 2.75) is 6.92 Å². The molecule has 0 unspecified atom stereocenters. The van der Waals surface area contributed by atoms with E-state index in [0.717, 1.165) is 6.54 Å². The number of fused-ring (bicyclic) bond motifs is 1.